The van der Waals surface area contributed by atoms with E-state index >= 15 is 0 Å². The van der Waals surface area contributed by atoms with Crippen LogP contribution in [0.4, 0.5) is 29.7 Å². The third-order valence-electron chi connectivity index (χ3n) is 14.4. The molecular formula is C68H82Cl4F2N8O7. The summed E-state index contributed by atoms with van der Waals surface area (Å²) in [6, 6.07) is 38.0. The van der Waals surface area contributed by atoms with Crippen molar-refractivity contribution in [3.8, 4) is 0 Å². The van der Waals surface area contributed by atoms with E-state index in [1.54, 1.807) is 125 Å². The molecule has 15 nitrogen and oxygen atoms in total. The molecule has 2 fully saturated rings. The lowest BCUT2D eigenvalue weighted by Crippen LogP contribution is -2.56. The van der Waals surface area contributed by atoms with Gasteiger partial charge in [0, 0.05) is 133 Å². The number of carbonyl (C=O) groups excluding carboxylic acids is 5. The van der Waals surface area contributed by atoms with E-state index in [0.717, 1.165) is 23.4 Å². The Balaban J connectivity index is 0.000000252. The molecule has 8 rings (SSSR count). The number of halogens is 6. The first-order valence-electron chi connectivity index (χ1n) is 29.7. The molecule has 2 aliphatic heterocycles. The second-order valence-electron chi connectivity index (χ2n) is 23.9. The summed E-state index contributed by atoms with van der Waals surface area (Å²) in [5.41, 5.74) is 10.7. The highest BCUT2D eigenvalue weighted by atomic mass is 35.5. The zero-order chi connectivity index (χ0) is 65.0. The monoisotopic (exact) mass is 1300 g/mol. The van der Waals surface area contributed by atoms with Gasteiger partial charge in [-0.1, -0.05) is 131 Å². The lowest BCUT2D eigenvalue weighted by Gasteiger charge is -2.38. The van der Waals surface area contributed by atoms with Crippen LogP contribution in [0.3, 0.4) is 0 Å². The predicted octanol–water partition coefficient (Wildman–Crippen LogP) is 12.8. The number of rotatable bonds is 18. The average Bonchev–Trinajstić information content (AvgIpc) is 3.57. The number of alkyl carbamates (subject to hydrolysis) is 2. The van der Waals surface area contributed by atoms with Crippen LogP contribution in [-0.2, 0) is 62.6 Å². The highest BCUT2D eigenvalue weighted by Crippen LogP contribution is 2.28. The van der Waals surface area contributed by atoms with E-state index < -0.39 is 35.5 Å². The first kappa shape index (κ1) is 71.1. The second-order valence-corrected chi connectivity index (χ2v) is 25.6. The minimum Gasteiger partial charge on any atom is -0.444 e. The standard InChI is InChI=1S/C34H41Cl2FN4O3.C27H33Cl2N3O4.C7H8FN/c1-23(38-22-26-10-5-7-11-29(26)37)19-25-9-6-8-12-31(25)40-15-17-41(18-16-40)32(42)30(39-33(43)44-34(2,3)4)20-24-13-14-27(35)21-28(24)36;1-18(33)15-20-7-5-6-8-24(20)31-11-13-32(14-12-31)25(34)23(30-26(35)36-27(2,3)4)16-19-9-10-21(28)17-22(19)29;8-7-4-2-1-3-6(7)5-9/h5-14,21,23,30,38H,15-20,22H2,1-4H3,(H,39,43);5-10,17,23H,11-16H2,1-4H3,(H,30,35);1-4H,5,9H2/t23?,30-;23-;/m11./s1. The van der Waals surface area contributed by atoms with Gasteiger partial charge in [0.05, 0.1) is 0 Å². The summed E-state index contributed by atoms with van der Waals surface area (Å²) < 4.78 is 37.4. The van der Waals surface area contributed by atoms with Gasteiger partial charge in [-0.3, -0.25) is 14.4 Å². The number of anilines is 2. The van der Waals surface area contributed by atoms with Crippen molar-refractivity contribution in [2.45, 2.75) is 123 Å². The van der Waals surface area contributed by atoms with Crippen molar-refractivity contribution in [2.75, 3.05) is 62.2 Å². The van der Waals surface area contributed by atoms with Crippen LogP contribution < -0.4 is 31.5 Å². The Kier molecular flexibility index (Phi) is 26.9. The summed E-state index contributed by atoms with van der Waals surface area (Å²) in [4.78, 5) is 72.3. The van der Waals surface area contributed by atoms with E-state index in [4.69, 9.17) is 61.6 Å². The van der Waals surface area contributed by atoms with Gasteiger partial charge in [-0.15, -0.1) is 0 Å². The normalized spacial score (nSPS) is 14.4. The molecule has 5 N–H and O–H groups in total. The van der Waals surface area contributed by atoms with E-state index in [-0.39, 0.29) is 54.7 Å². The van der Waals surface area contributed by atoms with Crippen molar-refractivity contribution in [1.29, 1.82) is 0 Å². The molecule has 6 aromatic carbocycles. The molecule has 21 heteroatoms. The number of ketones is 1. The number of carbonyl (C=O) groups is 5. The van der Waals surface area contributed by atoms with Crippen molar-refractivity contribution < 1.29 is 42.2 Å². The number of piperazine rings is 2. The summed E-state index contributed by atoms with van der Waals surface area (Å²) in [7, 11) is 0. The highest BCUT2D eigenvalue weighted by molar-refractivity contribution is 6.35. The Labute approximate surface area is 542 Å². The third-order valence-corrected chi connectivity index (χ3v) is 15.6. The molecule has 2 aliphatic rings. The molecule has 3 atom stereocenters. The minimum absolute atomic E-state index is 0.105. The third kappa shape index (κ3) is 23.1. The molecule has 4 amide bonds. The minimum atomic E-state index is -0.858. The molecule has 0 spiro atoms. The number of nitrogens with two attached hydrogens (primary N) is 1. The van der Waals surface area contributed by atoms with Gasteiger partial charge in [0.2, 0.25) is 11.8 Å². The smallest absolute Gasteiger partial charge is 0.408 e. The van der Waals surface area contributed by atoms with Crippen molar-refractivity contribution in [3.63, 3.8) is 0 Å². The Hall–Kier alpha value is -6.99. The Morgan fingerprint density at radius 1 is 0.517 bits per heavy atom. The molecule has 478 valence electrons. The molecule has 2 saturated heterocycles. The quantitative estimate of drug-likeness (QED) is 0.0643. The molecule has 0 aromatic heterocycles. The summed E-state index contributed by atoms with van der Waals surface area (Å²) in [6.07, 6.45) is 0.228. The average molecular weight is 1300 g/mol. The molecule has 2 heterocycles. The molecule has 6 aromatic rings. The lowest BCUT2D eigenvalue weighted by molar-refractivity contribution is -0.134. The number of benzene rings is 6. The maximum Gasteiger partial charge on any atom is 0.408 e. The van der Waals surface area contributed by atoms with Gasteiger partial charge in [0.25, 0.3) is 0 Å². The molecule has 0 bridgehead atoms. The van der Waals surface area contributed by atoms with E-state index in [1.165, 1.54) is 17.7 Å². The Morgan fingerprint density at radius 2 is 0.899 bits per heavy atom. The molecule has 0 radical (unpaired) electrons. The fourth-order valence-electron chi connectivity index (χ4n) is 10.1. The predicted molar refractivity (Wildman–Crippen MR) is 352 cm³/mol. The fraction of sp³-hybridized carbons (Fsp3) is 0.397. The Bertz CT molecular complexity index is 3350. The first-order valence-corrected chi connectivity index (χ1v) is 31.2. The number of hydrogen-bond donors (Lipinski definition) is 4. The van der Waals surface area contributed by atoms with Gasteiger partial charge in [-0.2, -0.15) is 0 Å². The van der Waals surface area contributed by atoms with Gasteiger partial charge < -0.3 is 50.8 Å². The fourth-order valence-corrected chi connectivity index (χ4v) is 11.1. The van der Waals surface area contributed by atoms with Crippen LogP contribution in [0.1, 0.15) is 88.8 Å². The zero-order valence-corrected chi connectivity index (χ0v) is 54.8. The van der Waals surface area contributed by atoms with Crippen LogP contribution in [0.25, 0.3) is 0 Å². The van der Waals surface area contributed by atoms with Crippen LogP contribution in [0.15, 0.2) is 133 Å². The Morgan fingerprint density at radius 3 is 1.28 bits per heavy atom. The van der Waals surface area contributed by atoms with Gasteiger partial charge in [0.1, 0.15) is 40.7 Å². The van der Waals surface area contributed by atoms with Crippen LogP contribution >= 0.6 is 46.4 Å². The van der Waals surface area contributed by atoms with Crippen molar-refractivity contribution in [2.24, 2.45) is 5.73 Å². The molecule has 1 unspecified atom stereocenters. The summed E-state index contributed by atoms with van der Waals surface area (Å²) >= 11 is 24.9. The number of nitrogens with one attached hydrogen (secondary N) is 3. The molecular weight excluding hydrogens is 1220 g/mol. The van der Waals surface area contributed by atoms with Crippen molar-refractivity contribution >= 4 is 87.6 Å². The summed E-state index contributed by atoms with van der Waals surface area (Å²) in [5.74, 6) is -0.725. The van der Waals surface area contributed by atoms with Crippen molar-refractivity contribution in [1.82, 2.24) is 25.8 Å². The lowest BCUT2D eigenvalue weighted by atomic mass is 10.0. The van der Waals surface area contributed by atoms with E-state index in [2.05, 4.69) is 44.8 Å². The molecule has 0 saturated carbocycles. The van der Waals surface area contributed by atoms with Gasteiger partial charge in [-0.25, -0.2) is 18.4 Å². The zero-order valence-electron chi connectivity index (χ0n) is 51.8. The maximum atomic E-state index is 14.1. The second kappa shape index (κ2) is 33.7. The van der Waals surface area contributed by atoms with Crippen LogP contribution in [0.5, 0.6) is 0 Å². The van der Waals surface area contributed by atoms with Crippen LogP contribution in [0.2, 0.25) is 20.1 Å². The van der Waals surface area contributed by atoms with Crippen LogP contribution in [0, 0.1) is 11.6 Å². The van der Waals surface area contributed by atoms with Crippen LogP contribution in [-0.4, -0.2) is 121 Å². The molecule has 0 aliphatic carbocycles. The number of hydrogen-bond acceptors (Lipinski definition) is 11. The van der Waals surface area contributed by atoms with Gasteiger partial charge >= 0.3 is 12.2 Å². The topological polar surface area (TPSA) is 179 Å². The van der Waals surface area contributed by atoms with E-state index in [1.807, 2.05) is 42.5 Å². The summed E-state index contributed by atoms with van der Waals surface area (Å²) in [5, 5.41) is 10.8. The largest absolute Gasteiger partial charge is 0.444 e. The van der Waals surface area contributed by atoms with Gasteiger partial charge in [0.15, 0.2) is 0 Å². The van der Waals surface area contributed by atoms with Gasteiger partial charge in [-0.05, 0) is 133 Å². The van der Waals surface area contributed by atoms with E-state index in [9.17, 15) is 32.8 Å². The number of ether oxygens (including phenoxy) is 2. The first-order chi connectivity index (χ1) is 42.2. The van der Waals surface area contributed by atoms with E-state index in [0.29, 0.717) is 108 Å². The summed E-state index contributed by atoms with van der Waals surface area (Å²) in [6.45, 7) is 19.5. The number of amides is 4. The number of nitrogens with zero attached hydrogens (tertiary/aromatic N) is 4. The SMILES string of the molecule is CC(=O)Cc1ccccc1N1CCN(C(=O)[C@@H](Cc2ccc(Cl)cc2Cl)NC(=O)OC(C)(C)C)CC1.CC(Cc1ccccc1N1CCN(C(=O)[C@@H](Cc2ccc(Cl)cc2Cl)NC(=O)OC(C)(C)C)CC1)NCc1ccccc1F.NCc1ccccc1F. The number of Topliss-reactive ketones (excluding diaryl/α,β-unsaturated/α-hetero) is 1. The molecule has 89 heavy (non-hydrogen) atoms. The van der Waals surface area contributed by atoms with Crippen molar-refractivity contribution in [3.05, 3.63) is 199 Å². The number of para-hydroxylation sites is 2. The maximum absolute atomic E-state index is 14.1. The highest BCUT2D eigenvalue weighted by Gasteiger charge is 2.34.